The Hall–Kier alpha value is -2.33. The van der Waals surface area contributed by atoms with Crippen LogP contribution in [0.25, 0.3) is 0 Å². The van der Waals surface area contributed by atoms with Gasteiger partial charge in [0, 0.05) is 25.0 Å². The molecule has 0 aliphatic rings. The molecule has 0 atom stereocenters. The number of sulfonamides is 1. The van der Waals surface area contributed by atoms with Crippen LogP contribution in [-0.4, -0.2) is 32.7 Å². The molecule has 10 heteroatoms. The fourth-order valence-corrected chi connectivity index (χ4v) is 4.53. The summed E-state index contributed by atoms with van der Waals surface area (Å²) in [5.74, 6) is -2.42. The zero-order valence-electron chi connectivity index (χ0n) is 16.0. The fraction of sp³-hybridized carbons (Fsp3) is 0.150. The Kier molecular flexibility index (Phi) is 6.56. The normalized spacial score (nSPS) is 11.7. The van der Waals surface area contributed by atoms with Gasteiger partial charge >= 0.3 is 0 Å². The number of anilines is 1. The number of hydrogen-bond acceptors (Lipinski definition) is 4. The van der Waals surface area contributed by atoms with Gasteiger partial charge in [-0.25, -0.2) is 21.5 Å². The Labute approximate surface area is 182 Å². The number of halogens is 3. The van der Waals surface area contributed by atoms with E-state index in [9.17, 15) is 22.0 Å². The maximum atomic E-state index is 14.5. The number of carbonyl (C=O) groups excluding carboxylic acids is 1. The summed E-state index contributed by atoms with van der Waals surface area (Å²) < 4.78 is 53.9. The number of carbonyl (C=O) groups is 1. The monoisotopic (exact) mass is 470 g/mol. The van der Waals surface area contributed by atoms with Crippen molar-refractivity contribution in [1.82, 2.24) is 4.31 Å². The molecule has 0 aliphatic heterocycles. The number of thiophene rings is 1. The molecule has 30 heavy (non-hydrogen) atoms. The van der Waals surface area contributed by atoms with Gasteiger partial charge in [0.15, 0.2) is 0 Å². The maximum Gasteiger partial charge on any atom is 0.260 e. The van der Waals surface area contributed by atoms with E-state index in [4.69, 9.17) is 11.6 Å². The van der Waals surface area contributed by atoms with E-state index < -0.39 is 27.6 Å². The van der Waals surface area contributed by atoms with Crippen LogP contribution in [0.3, 0.4) is 0 Å². The Morgan fingerprint density at radius 2 is 1.83 bits per heavy atom. The lowest BCUT2D eigenvalue weighted by Crippen LogP contribution is -2.31. The second-order valence-corrected chi connectivity index (χ2v) is 10.1. The number of hydrogen-bond donors (Lipinski definition) is 0. The summed E-state index contributed by atoms with van der Waals surface area (Å²) in [5, 5.41) is 1.81. The number of amides is 1. The van der Waals surface area contributed by atoms with Crippen LogP contribution in [0.4, 0.5) is 14.5 Å². The van der Waals surface area contributed by atoms with E-state index in [0.717, 1.165) is 32.3 Å². The zero-order valence-corrected chi connectivity index (χ0v) is 18.4. The molecule has 3 rings (SSSR count). The van der Waals surface area contributed by atoms with Crippen LogP contribution in [0.15, 0.2) is 58.8 Å². The minimum atomic E-state index is -3.82. The minimum Gasteiger partial charge on any atom is -0.300 e. The Morgan fingerprint density at radius 3 is 2.43 bits per heavy atom. The van der Waals surface area contributed by atoms with Gasteiger partial charge in [-0.15, -0.1) is 11.3 Å². The van der Waals surface area contributed by atoms with Crippen molar-refractivity contribution in [2.75, 3.05) is 19.0 Å². The van der Waals surface area contributed by atoms with E-state index in [-0.39, 0.29) is 27.7 Å². The van der Waals surface area contributed by atoms with Crippen molar-refractivity contribution in [2.24, 2.45) is 0 Å². The van der Waals surface area contributed by atoms with Gasteiger partial charge in [0.2, 0.25) is 10.0 Å². The van der Waals surface area contributed by atoms with Crippen LogP contribution in [0.2, 0.25) is 5.02 Å². The Balaban J connectivity index is 2.11. The van der Waals surface area contributed by atoms with E-state index in [0.29, 0.717) is 6.07 Å². The summed E-state index contributed by atoms with van der Waals surface area (Å²) >= 11 is 7.55. The molecule has 1 amide bonds. The molecule has 3 aromatic rings. The molecule has 1 heterocycles. The van der Waals surface area contributed by atoms with Gasteiger partial charge in [-0.2, -0.15) is 0 Å². The number of rotatable bonds is 6. The van der Waals surface area contributed by atoms with Crippen LogP contribution in [-0.2, 0) is 16.6 Å². The van der Waals surface area contributed by atoms with Gasteiger partial charge in [0.05, 0.1) is 27.7 Å². The molecule has 0 spiro atoms. The smallest absolute Gasteiger partial charge is 0.260 e. The van der Waals surface area contributed by atoms with Crippen molar-refractivity contribution in [1.29, 1.82) is 0 Å². The molecule has 0 fully saturated rings. The SMILES string of the molecule is CN(C)S(=O)(=O)c1ccc(Cl)c(C(=O)N(Cc2cccs2)c2ccc(F)cc2F)c1. The third-order valence-electron chi connectivity index (χ3n) is 4.29. The van der Waals surface area contributed by atoms with Crippen molar-refractivity contribution in [3.63, 3.8) is 0 Å². The summed E-state index contributed by atoms with van der Waals surface area (Å²) in [6.07, 6.45) is 0. The van der Waals surface area contributed by atoms with Crippen molar-refractivity contribution < 1.29 is 22.0 Å². The highest BCUT2D eigenvalue weighted by molar-refractivity contribution is 7.89. The Bertz CT molecular complexity index is 1180. The zero-order chi connectivity index (χ0) is 22.1. The van der Waals surface area contributed by atoms with E-state index >= 15 is 0 Å². The molecule has 0 N–H and O–H groups in total. The van der Waals surface area contributed by atoms with Crippen LogP contribution in [0.1, 0.15) is 15.2 Å². The molecule has 0 unspecified atom stereocenters. The van der Waals surface area contributed by atoms with Crippen LogP contribution < -0.4 is 4.90 Å². The largest absolute Gasteiger partial charge is 0.300 e. The van der Waals surface area contributed by atoms with Crippen LogP contribution in [0, 0.1) is 11.6 Å². The first-order valence-corrected chi connectivity index (χ1v) is 11.3. The van der Waals surface area contributed by atoms with Crippen molar-refractivity contribution in [2.45, 2.75) is 11.4 Å². The number of benzene rings is 2. The predicted molar refractivity (Wildman–Crippen MR) is 114 cm³/mol. The third kappa shape index (κ3) is 4.54. The highest BCUT2D eigenvalue weighted by Gasteiger charge is 2.26. The first kappa shape index (κ1) is 22.4. The molecule has 0 radical (unpaired) electrons. The molecule has 0 saturated heterocycles. The number of nitrogens with zero attached hydrogens (tertiary/aromatic N) is 2. The third-order valence-corrected chi connectivity index (χ3v) is 7.29. The summed E-state index contributed by atoms with van der Waals surface area (Å²) in [6.45, 7) is 0.0000391. The average molecular weight is 471 g/mol. The molecule has 0 bridgehead atoms. The first-order chi connectivity index (χ1) is 14.1. The van der Waals surface area contributed by atoms with E-state index in [1.54, 1.807) is 17.5 Å². The van der Waals surface area contributed by atoms with Gasteiger partial charge in [-0.3, -0.25) is 4.79 Å². The molecule has 5 nitrogen and oxygen atoms in total. The minimum absolute atomic E-state index is 0.0000391. The molecular formula is C20H17ClF2N2O3S2. The van der Waals surface area contributed by atoms with E-state index in [2.05, 4.69) is 0 Å². The summed E-state index contributed by atoms with van der Waals surface area (Å²) in [4.78, 5) is 15.1. The predicted octanol–water partition coefficient (Wildman–Crippen LogP) is 4.78. The lowest BCUT2D eigenvalue weighted by Gasteiger charge is -2.24. The van der Waals surface area contributed by atoms with Gasteiger partial charge < -0.3 is 4.90 Å². The standard InChI is InChI=1S/C20H17ClF2N2O3S2/c1-24(2)30(27,28)15-6-7-17(21)16(11-15)20(26)25(12-14-4-3-9-29-14)19-8-5-13(22)10-18(19)23/h3-11H,12H2,1-2H3. The second-order valence-electron chi connectivity index (χ2n) is 6.50. The quantitative estimate of drug-likeness (QED) is 0.521. The van der Waals surface area contributed by atoms with E-state index in [1.165, 1.54) is 37.6 Å². The molecule has 2 aromatic carbocycles. The van der Waals surface area contributed by atoms with E-state index in [1.807, 2.05) is 0 Å². The molecular weight excluding hydrogens is 454 g/mol. The molecule has 0 saturated carbocycles. The van der Waals surface area contributed by atoms with Crippen molar-refractivity contribution in [3.05, 3.63) is 81.0 Å². The fourth-order valence-electron chi connectivity index (χ4n) is 2.71. The highest BCUT2D eigenvalue weighted by Crippen LogP contribution is 2.29. The molecule has 158 valence electrons. The van der Waals surface area contributed by atoms with Crippen LogP contribution >= 0.6 is 22.9 Å². The molecule has 1 aromatic heterocycles. The topological polar surface area (TPSA) is 57.7 Å². The highest BCUT2D eigenvalue weighted by atomic mass is 35.5. The van der Waals surface area contributed by atoms with Gasteiger partial charge in [-0.05, 0) is 41.8 Å². The van der Waals surface area contributed by atoms with Gasteiger partial charge in [0.1, 0.15) is 11.6 Å². The van der Waals surface area contributed by atoms with Crippen molar-refractivity contribution in [3.8, 4) is 0 Å². The summed E-state index contributed by atoms with van der Waals surface area (Å²) in [7, 11) is -1.09. The lowest BCUT2D eigenvalue weighted by molar-refractivity contribution is 0.0984. The van der Waals surface area contributed by atoms with Crippen LogP contribution in [0.5, 0.6) is 0 Å². The lowest BCUT2D eigenvalue weighted by atomic mass is 10.1. The maximum absolute atomic E-state index is 14.5. The van der Waals surface area contributed by atoms with Gasteiger partial charge in [-0.1, -0.05) is 17.7 Å². The molecule has 0 aliphatic carbocycles. The second kappa shape index (κ2) is 8.81. The summed E-state index contributed by atoms with van der Waals surface area (Å²) in [5.41, 5.74) is -0.258. The van der Waals surface area contributed by atoms with Crippen molar-refractivity contribution >= 4 is 44.6 Å². The first-order valence-electron chi connectivity index (χ1n) is 8.62. The summed E-state index contributed by atoms with van der Waals surface area (Å²) in [6, 6.07) is 10.2. The Morgan fingerprint density at radius 1 is 1.10 bits per heavy atom. The van der Waals surface area contributed by atoms with Gasteiger partial charge in [0.25, 0.3) is 5.91 Å². The average Bonchev–Trinajstić information content (AvgIpc) is 3.19.